The molecule has 2 atom stereocenters. The smallest absolute Gasteiger partial charge is 0.0635 e. The summed E-state index contributed by atoms with van der Waals surface area (Å²) in [5, 5.41) is 4.40. The highest BCUT2D eigenvalue weighted by Crippen LogP contribution is 2.37. The number of halogens is 1. The van der Waals surface area contributed by atoms with Gasteiger partial charge in [0.05, 0.1) is 16.4 Å². The Morgan fingerprint density at radius 3 is 3.00 bits per heavy atom. The fourth-order valence-corrected chi connectivity index (χ4v) is 3.05. The number of rotatable bonds is 3. The van der Waals surface area contributed by atoms with Gasteiger partial charge in [-0.05, 0) is 41.6 Å². The zero-order valence-corrected chi connectivity index (χ0v) is 10.7. The maximum absolute atomic E-state index is 5.96. The molecule has 1 aliphatic rings. The predicted octanol–water partition coefficient (Wildman–Crippen LogP) is 2.65. The Morgan fingerprint density at radius 2 is 2.40 bits per heavy atom. The molecule has 2 unspecified atom stereocenters. The number of aryl methyl sites for hydroxylation is 1. The Kier molecular flexibility index (Phi) is 3.46. The van der Waals surface area contributed by atoms with Crippen molar-refractivity contribution >= 4 is 15.9 Å². The van der Waals surface area contributed by atoms with Crippen molar-refractivity contribution in [1.29, 1.82) is 0 Å². The molecule has 0 aliphatic heterocycles. The van der Waals surface area contributed by atoms with E-state index in [9.17, 15) is 0 Å². The van der Waals surface area contributed by atoms with E-state index in [2.05, 4.69) is 32.6 Å². The van der Waals surface area contributed by atoms with E-state index in [-0.39, 0.29) is 0 Å². The van der Waals surface area contributed by atoms with Crippen LogP contribution in [0, 0.1) is 0 Å². The molecule has 2 rings (SSSR count). The molecule has 1 aliphatic carbocycles. The maximum Gasteiger partial charge on any atom is 0.0635 e. The summed E-state index contributed by atoms with van der Waals surface area (Å²) in [6, 6.07) is 0.381. The van der Waals surface area contributed by atoms with Crippen molar-refractivity contribution in [2.45, 2.75) is 51.1 Å². The summed E-state index contributed by atoms with van der Waals surface area (Å²) in [6.07, 6.45) is 6.49. The lowest BCUT2D eigenvalue weighted by Crippen LogP contribution is -2.15. The minimum Gasteiger partial charge on any atom is -0.328 e. The first-order valence-electron chi connectivity index (χ1n) is 5.69. The maximum atomic E-state index is 5.96. The van der Waals surface area contributed by atoms with Gasteiger partial charge in [-0.25, -0.2) is 0 Å². The Morgan fingerprint density at radius 1 is 1.60 bits per heavy atom. The third kappa shape index (κ3) is 2.26. The minimum absolute atomic E-state index is 0.381. The molecule has 0 spiro atoms. The van der Waals surface area contributed by atoms with Crippen molar-refractivity contribution < 1.29 is 0 Å². The minimum atomic E-state index is 0.381. The van der Waals surface area contributed by atoms with Gasteiger partial charge < -0.3 is 5.73 Å². The van der Waals surface area contributed by atoms with Crippen molar-refractivity contribution in [3.8, 4) is 0 Å². The lowest BCUT2D eigenvalue weighted by Gasteiger charge is -2.13. The van der Waals surface area contributed by atoms with Gasteiger partial charge >= 0.3 is 0 Å². The monoisotopic (exact) mass is 271 g/mol. The highest BCUT2D eigenvalue weighted by Gasteiger charge is 2.27. The van der Waals surface area contributed by atoms with E-state index in [1.54, 1.807) is 0 Å². The van der Waals surface area contributed by atoms with Gasteiger partial charge in [0.1, 0.15) is 0 Å². The van der Waals surface area contributed by atoms with Crippen LogP contribution in [0.5, 0.6) is 0 Å². The van der Waals surface area contributed by atoms with E-state index >= 15 is 0 Å². The van der Waals surface area contributed by atoms with E-state index in [0.29, 0.717) is 12.0 Å². The Labute approximate surface area is 99.2 Å². The molecular formula is C11H18BrN3. The molecule has 1 saturated carbocycles. The molecule has 2 N–H and O–H groups in total. The fourth-order valence-electron chi connectivity index (χ4n) is 2.43. The standard InChI is InChI=1S/C11H18BrN3/c1-2-5-15-11(10(12)7-14-15)8-3-4-9(13)6-8/h7-9H,2-6,13H2,1H3. The molecule has 1 aromatic rings. The summed E-state index contributed by atoms with van der Waals surface area (Å²) in [4.78, 5) is 0. The molecule has 3 nitrogen and oxygen atoms in total. The number of aromatic nitrogens is 2. The number of nitrogens with zero attached hydrogens (tertiary/aromatic N) is 2. The molecule has 0 amide bonds. The summed E-state index contributed by atoms with van der Waals surface area (Å²) in [7, 11) is 0. The normalized spacial score (nSPS) is 26.1. The van der Waals surface area contributed by atoms with Crippen LogP contribution < -0.4 is 5.73 Å². The van der Waals surface area contributed by atoms with E-state index in [1.807, 2.05) is 6.20 Å². The second kappa shape index (κ2) is 4.66. The highest BCUT2D eigenvalue weighted by atomic mass is 79.9. The zero-order chi connectivity index (χ0) is 10.8. The van der Waals surface area contributed by atoms with Gasteiger partial charge in [-0.3, -0.25) is 4.68 Å². The second-order valence-corrected chi connectivity index (χ2v) is 5.23. The molecular weight excluding hydrogens is 254 g/mol. The SMILES string of the molecule is CCCn1ncc(Br)c1C1CCC(N)C1. The first-order chi connectivity index (χ1) is 7.22. The van der Waals surface area contributed by atoms with E-state index < -0.39 is 0 Å². The van der Waals surface area contributed by atoms with Gasteiger partial charge in [0.2, 0.25) is 0 Å². The van der Waals surface area contributed by atoms with E-state index in [1.165, 1.54) is 12.1 Å². The molecule has 4 heteroatoms. The van der Waals surface area contributed by atoms with Crippen LogP contribution in [0.2, 0.25) is 0 Å². The van der Waals surface area contributed by atoms with Gasteiger partial charge in [-0.2, -0.15) is 5.10 Å². The molecule has 1 aromatic heterocycles. The highest BCUT2D eigenvalue weighted by molar-refractivity contribution is 9.10. The molecule has 1 fully saturated rings. The fraction of sp³-hybridized carbons (Fsp3) is 0.727. The van der Waals surface area contributed by atoms with Crippen molar-refractivity contribution in [2.24, 2.45) is 5.73 Å². The summed E-state index contributed by atoms with van der Waals surface area (Å²) >= 11 is 3.59. The van der Waals surface area contributed by atoms with E-state index in [0.717, 1.165) is 30.3 Å². The lowest BCUT2D eigenvalue weighted by molar-refractivity contribution is 0.533. The van der Waals surface area contributed by atoms with Crippen LogP contribution in [0.4, 0.5) is 0 Å². The lowest BCUT2D eigenvalue weighted by atomic mass is 10.0. The molecule has 15 heavy (non-hydrogen) atoms. The Balaban J connectivity index is 2.21. The van der Waals surface area contributed by atoms with Gasteiger partial charge in [-0.15, -0.1) is 0 Å². The van der Waals surface area contributed by atoms with Gasteiger partial charge in [0.15, 0.2) is 0 Å². The van der Waals surface area contributed by atoms with Gasteiger partial charge in [-0.1, -0.05) is 6.92 Å². The van der Waals surface area contributed by atoms with Gasteiger partial charge in [0.25, 0.3) is 0 Å². The van der Waals surface area contributed by atoms with Crippen LogP contribution in [0.1, 0.15) is 44.2 Å². The molecule has 0 aromatic carbocycles. The quantitative estimate of drug-likeness (QED) is 0.919. The van der Waals surface area contributed by atoms with Crippen molar-refractivity contribution in [3.63, 3.8) is 0 Å². The predicted molar refractivity (Wildman–Crippen MR) is 64.8 cm³/mol. The Hall–Kier alpha value is -0.350. The summed E-state index contributed by atoms with van der Waals surface area (Å²) in [5.74, 6) is 0.600. The molecule has 0 bridgehead atoms. The van der Waals surface area contributed by atoms with Crippen LogP contribution in [-0.2, 0) is 6.54 Å². The van der Waals surface area contributed by atoms with Crippen molar-refractivity contribution in [1.82, 2.24) is 9.78 Å². The van der Waals surface area contributed by atoms with Crippen LogP contribution in [0.25, 0.3) is 0 Å². The van der Waals surface area contributed by atoms with Crippen LogP contribution >= 0.6 is 15.9 Å². The first kappa shape index (κ1) is 11.1. The van der Waals surface area contributed by atoms with E-state index in [4.69, 9.17) is 5.73 Å². The first-order valence-corrected chi connectivity index (χ1v) is 6.48. The average molecular weight is 272 g/mol. The summed E-state index contributed by atoms with van der Waals surface area (Å²) < 4.78 is 3.28. The van der Waals surface area contributed by atoms with Crippen molar-refractivity contribution in [2.75, 3.05) is 0 Å². The van der Waals surface area contributed by atoms with Crippen LogP contribution in [0.15, 0.2) is 10.7 Å². The topological polar surface area (TPSA) is 43.8 Å². The van der Waals surface area contributed by atoms with Gasteiger partial charge in [0, 0.05) is 18.5 Å². The Bertz CT molecular complexity index is 335. The average Bonchev–Trinajstić information content (AvgIpc) is 2.74. The van der Waals surface area contributed by atoms with Crippen LogP contribution in [0.3, 0.4) is 0 Å². The summed E-state index contributed by atoms with van der Waals surface area (Å²) in [5.41, 5.74) is 7.31. The third-order valence-electron chi connectivity index (χ3n) is 3.13. The van der Waals surface area contributed by atoms with Crippen molar-refractivity contribution in [3.05, 3.63) is 16.4 Å². The number of hydrogen-bond donors (Lipinski definition) is 1. The molecule has 84 valence electrons. The largest absolute Gasteiger partial charge is 0.328 e. The molecule has 1 heterocycles. The number of hydrogen-bond acceptors (Lipinski definition) is 2. The molecule has 0 radical (unpaired) electrons. The van der Waals surface area contributed by atoms with Crippen LogP contribution in [-0.4, -0.2) is 15.8 Å². The third-order valence-corrected chi connectivity index (χ3v) is 3.74. The zero-order valence-electron chi connectivity index (χ0n) is 9.12. The molecule has 0 saturated heterocycles. The number of nitrogens with two attached hydrogens (primary N) is 1. The second-order valence-electron chi connectivity index (χ2n) is 4.37. The summed E-state index contributed by atoms with van der Waals surface area (Å²) in [6.45, 7) is 3.19.